The Morgan fingerprint density at radius 1 is 1.38 bits per heavy atom. The van der Waals surface area contributed by atoms with Crippen molar-refractivity contribution < 1.29 is 0 Å². The van der Waals surface area contributed by atoms with Crippen molar-refractivity contribution in [3.63, 3.8) is 0 Å². The number of hydrogen-bond donors (Lipinski definition) is 1. The van der Waals surface area contributed by atoms with Crippen LogP contribution in [0.15, 0.2) is 10.5 Å². The van der Waals surface area contributed by atoms with Gasteiger partial charge in [-0.1, -0.05) is 27.7 Å². The molecule has 1 aromatic rings. The summed E-state index contributed by atoms with van der Waals surface area (Å²) in [5, 5.41) is 3.61. The zero-order valence-electron chi connectivity index (χ0n) is 10.8. The number of hydrogen-bond acceptors (Lipinski definition) is 2. The minimum atomic E-state index is 0.486. The molecule has 1 rings (SSSR count). The van der Waals surface area contributed by atoms with E-state index in [1.54, 1.807) is 0 Å². The topological polar surface area (TPSA) is 12.0 Å². The van der Waals surface area contributed by atoms with Crippen LogP contribution in [0.5, 0.6) is 0 Å². The van der Waals surface area contributed by atoms with Gasteiger partial charge < -0.3 is 5.32 Å². The van der Waals surface area contributed by atoms with E-state index in [9.17, 15) is 0 Å². The van der Waals surface area contributed by atoms with Gasteiger partial charge in [0.25, 0.3) is 0 Å². The van der Waals surface area contributed by atoms with Gasteiger partial charge in [0.2, 0.25) is 0 Å². The van der Waals surface area contributed by atoms with Crippen LogP contribution in [-0.2, 0) is 0 Å². The SMILES string of the molecule is CCNC(c1cc(Br)c(C)s1)C(C)C(C)C. The van der Waals surface area contributed by atoms with Gasteiger partial charge in [-0.15, -0.1) is 11.3 Å². The molecule has 2 unspecified atom stereocenters. The van der Waals surface area contributed by atoms with Gasteiger partial charge in [-0.05, 0) is 47.3 Å². The van der Waals surface area contributed by atoms with E-state index in [1.165, 1.54) is 14.2 Å². The van der Waals surface area contributed by atoms with Crippen LogP contribution in [0.4, 0.5) is 0 Å². The fourth-order valence-electron chi connectivity index (χ4n) is 1.79. The first-order valence-corrected chi connectivity index (χ1v) is 7.57. The van der Waals surface area contributed by atoms with E-state index in [0.29, 0.717) is 17.9 Å². The van der Waals surface area contributed by atoms with Gasteiger partial charge in [0.05, 0.1) is 0 Å². The molecule has 0 saturated carbocycles. The summed E-state index contributed by atoms with van der Waals surface area (Å²) in [7, 11) is 0. The second-order valence-corrected chi connectivity index (χ2v) is 6.83. The molecule has 0 bridgehead atoms. The highest BCUT2D eigenvalue weighted by atomic mass is 79.9. The molecule has 0 aliphatic carbocycles. The van der Waals surface area contributed by atoms with Crippen molar-refractivity contribution >= 4 is 27.3 Å². The van der Waals surface area contributed by atoms with Gasteiger partial charge in [0, 0.05) is 20.3 Å². The Balaban J connectivity index is 2.92. The third-order valence-electron chi connectivity index (χ3n) is 3.18. The lowest BCUT2D eigenvalue weighted by Crippen LogP contribution is -2.28. The monoisotopic (exact) mass is 303 g/mol. The second-order valence-electron chi connectivity index (χ2n) is 4.69. The Hall–Kier alpha value is 0.140. The van der Waals surface area contributed by atoms with Crippen LogP contribution in [0.2, 0.25) is 0 Å². The Morgan fingerprint density at radius 3 is 2.38 bits per heavy atom. The van der Waals surface area contributed by atoms with Gasteiger partial charge >= 0.3 is 0 Å². The fourth-order valence-corrected chi connectivity index (χ4v) is 3.54. The van der Waals surface area contributed by atoms with Crippen molar-refractivity contribution in [1.29, 1.82) is 0 Å². The van der Waals surface area contributed by atoms with Gasteiger partial charge in [-0.2, -0.15) is 0 Å². The van der Waals surface area contributed by atoms with Crippen LogP contribution in [0.1, 0.15) is 43.5 Å². The van der Waals surface area contributed by atoms with E-state index in [2.05, 4.69) is 61.9 Å². The fraction of sp³-hybridized carbons (Fsp3) is 0.692. The number of nitrogens with one attached hydrogen (secondary N) is 1. The molecule has 16 heavy (non-hydrogen) atoms. The van der Waals surface area contributed by atoms with Gasteiger partial charge in [-0.3, -0.25) is 0 Å². The minimum Gasteiger partial charge on any atom is -0.309 e. The lowest BCUT2D eigenvalue weighted by Gasteiger charge is -2.26. The Labute approximate surface area is 112 Å². The molecule has 0 aliphatic rings. The standard InChI is InChI=1S/C13H22BrNS/c1-6-15-13(9(4)8(2)3)12-7-11(14)10(5)16-12/h7-9,13,15H,6H2,1-5H3. The van der Waals surface area contributed by atoms with Crippen molar-refractivity contribution in [2.24, 2.45) is 11.8 Å². The van der Waals surface area contributed by atoms with Crippen LogP contribution in [0.25, 0.3) is 0 Å². The molecule has 1 aromatic heterocycles. The summed E-state index contributed by atoms with van der Waals surface area (Å²) in [4.78, 5) is 2.82. The summed E-state index contributed by atoms with van der Waals surface area (Å²) in [6, 6.07) is 2.76. The molecule has 0 amide bonds. The lowest BCUT2D eigenvalue weighted by atomic mass is 9.89. The highest BCUT2D eigenvalue weighted by Gasteiger charge is 2.23. The van der Waals surface area contributed by atoms with Gasteiger partial charge in [-0.25, -0.2) is 0 Å². The van der Waals surface area contributed by atoms with Crippen molar-refractivity contribution in [2.45, 2.75) is 40.7 Å². The molecular formula is C13H22BrNS. The third-order valence-corrected chi connectivity index (χ3v) is 5.40. The summed E-state index contributed by atoms with van der Waals surface area (Å²) in [6.45, 7) is 12.3. The Kier molecular flexibility index (Phi) is 5.48. The number of halogens is 1. The molecule has 3 heteroatoms. The van der Waals surface area contributed by atoms with Crippen LogP contribution >= 0.6 is 27.3 Å². The summed E-state index contributed by atoms with van der Waals surface area (Å²) in [6.07, 6.45) is 0. The summed E-state index contributed by atoms with van der Waals surface area (Å²) < 4.78 is 1.24. The molecule has 1 heterocycles. The third kappa shape index (κ3) is 3.31. The Bertz CT molecular complexity index is 313. The van der Waals surface area contributed by atoms with Crippen molar-refractivity contribution in [3.8, 4) is 0 Å². The molecule has 0 fully saturated rings. The first-order chi connectivity index (χ1) is 7.47. The molecular weight excluding hydrogens is 282 g/mol. The normalized spacial score (nSPS) is 15.4. The van der Waals surface area contributed by atoms with Crippen molar-refractivity contribution in [2.75, 3.05) is 6.54 Å². The van der Waals surface area contributed by atoms with E-state index in [4.69, 9.17) is 0 Å². The first kappa shape index (κ1) is 14.2. The van der Waals surface area contributed by atoms with Crippen LogP contribution in [0.3, 0.4) is 0 Å². The van der Waals surface area contributed by atoms with Crippen molar-refractivity contribution in [3.05, 3.63) is 20.3 Å². The Morgan fingerprint density at radius 2 is 2.00 bits per heavy atom. The van der Waals surface area contributed by atoms with E-state index < -0.39 is 0 Å². The first-order valence-electron chi connectivity index (χ1n) is 5.96. The van der Waals surface area contributed by atoms with Gasteiger partial charge in [0.1, 0.15) is 0 Å². The molecule has 1 nitrogen and oxygen atoms in total. The van der Waals surface area contributed by atoms with Crippen LogP contribution in [0, 0.1) is 18.8 Å². The molecule has 0 saturated heterocycles. The highest BCUT2D eigenvalue weighted by molar-refractivity contribution is 9.10. The predicted octanol–water partition coefficient (Wildman–Crippen LogP) is 4.76. The molecule has 92 valence electrons. The molecule has 0 aliphatic heterocycles. The summed E-state index contributed by atoms with van der Waals surface area (Å²) in [5.41, 5.74) is 0. The largest absolute Gasteiger partial charge is 0.309 e. The minimum absolute atomic E-state index is 0.486. The maximum absolute atomic E-state index is 3.61. The van der Waals surface area contributed by atoms with Crippen LogP contribution < -0.4 is 5.32 Å². The predicted molar refractivity (Wildman–Crippen MR) is 77.2 cm³/mol. The molecule has 0 aromatic carbocycles. The smallest absolute Gasteiger partial charge is 0.0443 e. The molecule has 0 radical (unpaired) electrons. The van der Waals surface area contributed by atoms with E-state index >= 15 is 0 Å². The van der Waals surface area contributed by atoms with E-state index in [1.807, 2.05) is 11.3 Å². The number of thiophene rings is 1. The summed E-state index contributed by atoms with van der Waals surface area (Å²) >= 11 is 5.50. The van der Waals surface area contributed by atoms with Gasteiger partial charge in [0.15, 0.2) is 0 Å². The molecule has 1 N–H and O–H groups in total. The average Bonchev–Trinajstić information content (AvgIpc) is 2.54. The second kappa shape index (κ2) is 6.18. The molecule has 0 spiro atoms. The quantitative estimate of drug-likeness (QED) is 0.827. The van der Waals surface area contributed by atoms with E-state index in [-0.39, 0.29) is 0 Å². The van der Waals surface area contributed by atoms with Crippen molar-refractivity contribution in [1.82, 2.24) is 5.32 Å². The lowest BCUT2D eigenvalue weighted by molar-refractivity contribution is 0.311. The highest BCUT2D eigenvalue weighted by Crippen LogP contribution is 2.35. The van der Waals surface area contributed by atoms with Crippen LogP contribution in [-0.4, -0.2) is 6.54 Å². The zero-order valence-corrected chi connectivity index (χ0v) is 13.2. The number of aryl methyl sites for hydroxylation is 1. The summed E-state index contributed by atoms with van der Waals surface area (Å²) in [5.74, 6) is 1.36. The number of rotatable bonds is 5. The molecule has 2 atom stereocenters. The maximum atomic E-state index is 3.61. The average molecular weight is 304 g/mol. The van der Waals surface area contributed by atoms with E-state index in [0.717, 1.165) is 6.54 Å². The zero-order chi connectivity index (χ0) is 12.3. The maximum Gasteiger partial charge on any atom is 0.0443 e.